The van der Waals surface area contributed by atoms with Crippen molar-refractivity contribution < 1.29 is 23.7 Å². The van der Waals surface area contributed by atoms with Crippen molar-refractivity contribution in [1.29, 1.82) is 0 Å². The molecule has 2 aromatic rings. The summed E-state index contributed by atoms with van der Waals surface area (Å²) in [6.07, 6.45) is 1.65. The first kappa shape index (κ1) is 9.11. The second-order valence-electron chi connectivity index (χ2n) is 2.28. The van der Waals surface area contributed by atoms with Crippen LogP contribution in [0.1, 0.15) is 0 Å². The van der Waals surface area contributed by atoms with Crippen molar-refractivity contribution in [2.45, 2.75) is 0 Å². The average molecular weight is 195 g/mol. The molecule has 12 heavy (non-hydrogen) atoms. The van der Waals surface area contributed by atoms with Crippen molar-refractivity contribution in [3.8, 4) is 5.75 Å². The summed E-state index contributed by atoms with van der Waals surface area (Å²) in [5.74, 6) is 0.183. The summed E-state index contributed by atoms with van der Waals surface area (Å²) >= 11 is 0. The van der Waals surface area contributed by atoms with E-state index in [4.69, 9.17) is 0 Å². The quantitative estimate of drug-likeness (QED) is 0.649. The molecule has 0 aliphatic heterocycles. The van der Waals surface area contributed by atoms with Crippen molar-refractivity contribution in [3.05, 3.63) is 36.5 Å². The van der Waals surface area contributed by atoms with Crippen LogP contribution in [0.4, 0.5) is 0 Å². The van der Waals surface area contributed by atoms with Crippen LogP contribution < -0.4 is 0 Å². The van der Waals surface area contributed by atoms with Crippen molar-refractivity contribution in [2.75, 3.05) is 0 Å². The van der Waals surface area contributed by atoms with Crippen LogP contribution in [0, 0.1) is 6.07 Å². The van der Waals surface area contributed by atoms with E-state index in [-0.39, 0.29) is 24.3 Å². The number of hydrogen-bond donors (Lipinski definition) is 1. The Morgan fingerprint density at radius 2 is 2.17 bits per heavy atom. The standard InChI is InChI=1S/C9H6NO.V/c11-8-5-1-3-7-4-2-6-10-9(7)8;/h2-6,11H;/q-1;. The number of pyridine rings is 1. The van der Waals surface area contributed by atoms with Gasteiger partial charge in [-0.2, -0.15) is 12.1 Å². The number of nitrogens with zero attached hydrogens (tertiary/aromatic N) is 1. The van der Waals surface area contributed by atoms with Gasteiger partial charge in [-0.3, -0.25) is 4.98 Å². The minimum absolute atomic E-state index is 0. The van der Waals surface area contributed by atoms with Crippen LogP contribution in [-0.4, -0.2) is 10.1 Å². The summed E-state index contributed by atoms with van der Waals surface area (Å²) in [7, 11) is 0. The van der Waals surface area contributed by atoms with Crippen LogP contribution in [0.3, 0.4) is 0 Å². The Bertz CT molecular complexity index is 384. The first-order valence-corrected chi connectivity index (χ1v) is 3.32. The van der Waals surface area contributed by atoms with E-state index in [0.29, 0.717) is 5.52 Å². The number of hydrogen-bond acceptors (Lipinski definition) is 2. The van der Waals surface area contributed by atoms with E-state index in [9.17, 15) is 5.11 Å². The fraction of sp³-hybridized carbons (Fsp3) is 0. The number of rotatable bonds is 0. The Morgan fingerprint density at radius 3 is 2.92 bits per heavy atom. The number of benzene rings is 1. The van der Waals surface area contributed by atoms with Crippen molar-refractivity contribution in [1.82, 2.24) is 4.98 Å². The molecule has 1 radical (unpaired) electrons. The topological polar surface area (TPSA) is 33.1 Å². The number of aromatic hydroxyl groups is 1. The Morgan fingerprint density at radius 1 is 1.33 bits per heavy atom. The second kappa shape index (κ2) is 3.61. The van der Waals surface area contributed by atoms with E-state index in [2.05, 4.69) is 11.1 Å². The predicted octanol–water partition coefficient (Wildman–Crippen LogP) is 1.74. The van der Waals surface area contributed by atoms with Crippen molar-refractivity contribution >= 4 is 10.9 Å². The molecule has 0 unspecified atom stereocenters. The molecular weight excluding hydrogens is 189 g/mol. The maximum atomic E-state index is 9.28. The maximum absolute atomic E-state index is 9.28. The Balaban J connectivity index is 0.000000720. The fourth-order valence-corrected chi connectivity index (χ4v) is 1.03. The summed E-state index contributed by atoms with van der Waals surface area (Å²) in [5, 5.41) is 10.2. The fourth-order valence-electron chi connectivity index (χ4n) is 1.03. The Kier molecular flexibility index (Phi) is 2.74. The summed E-state index contributed by atoms with van der Waals surface area (Å²) in [6, 6.07) is 9.83. The molecule has 0 spiro atoms. The SMILES string of the molecule is Oc1c[c-]cc2cccnc12.[V]. The van der Waals surface area contributed by atoms with Gasteiger partial charge in [0.05, 0.1) is 0 Å². The third-order valence-corrected chi connectivity index (χ3v) is 1.54. The van der Waals surface area contributed by atoms with E-state index in [1.54, 1.807) is 12.3 Å². The van der Waals surface area contributed by atoms with Crippen molar-refractivity contribution in [3.63, 3.8) is 0 Å². The molecule has 2 nitrogen and oxygen atoms in total. The third-order valence-electron chi connectivity index (χ3n) is 1.54. The molecule has 0 fully saturated rings. The van der Waals surface area contributed by atoms with Gasteiger partial charge in [-0.1, -0.05) is 6.07 Å². The van der Waals surface area contributed by atoms with Gasteiger partial charge in [0.1, 0.15) is 0 Å². The van der Waals surface area contributed by atoms with Gasteiger partial charge in [0.15, 0.2) is 0 Å². The maximum Gasteiger partial charge on any atom is 0.0288 e. The molecule has 0 atom stereocenters. The number of phenols is 1. The van der Waals surface area contributed by atoms with Crippen LogP contribution in [0.15, 0.2) is 30.5 Å². The smallest absolute Gasteiger partial charge is 0.0288 e. The first-order chi connectivity index (χ1) is 5.38. The van der Waals surface area contributed by atoms with E-state index in [1.807, 2.05) is 12.1 Å². The molecule has 2 rings (SSSR count). The molecule has 0 saturated heterocycles. The van der Waals surface area contributed by atoms with E-state index in [0.717, 1.165) is 5.39 Å². The van der Waals surface area contributed by atoms with Crippen LogP contribution >= 0.6 is 0 Å². The van der Waals surface area contributed by atoms with Gasteiger partial charge in [0, 0.05) is 36.0 Å². The van der Waals surface area contributed by atoms with Gasteiger partial charge in [-0.05, 0) is 0 Å². The zero-order valence-electron chi connectivity index (χ0n) is 6.23. The predicted molar refractivity (Wildman–Crippen MR) is 42.2 cm³/mol. The third kappa shape index (κ3) is 1.45. The van der Waals surface area contributed by atoms with Gasteiger partial charge in [0.25, 0.3) is 0 Å². The molecule has 1 heterocycles. The van der Waals surface area contributed by atoms with Crippen molar-refractivity contribution in [2.24, 2.45) is 0 Å². The van der Waals surface area contributed by atoms with E-state index >= 15 is 0 Å². The molecular formula is C9H6NOV-. The second-order valence-corrected chi connectivity index (χ2v) is 2.28. The molecule has 3 heteroatoms. The molecule has 0 amide bonds. The van der Waals surface area contributed by atoms with Crippen LogP contribution in [0.2, 0.25) is 0 Å². The Hall–Kier alpha value is -0.986. The minimum Gasteiger partial charge on any atom is -0.564 e. The van der Waals surface area contributed by atoms with E-state index < -0.39 is 0 Å². The summed E-state index contributed by atoms with van der Waals surface area (Å²) in [6.45, 7) is 0. The minimum atomic E-state index is 0. The number of phenolic OH excluding ortho intramolecular Hbond substituents is 1. The summed E-state index contributed by atoms with van der Waals surface area (Å²) < 4.78 is 0. The molecule has 1 aromatic heterocycles. The summed E-state index contributed by atoms with van der Waals surface area (Å²) in [4.78, 5) is 4.01. The zero-order valence-corrected chi connectivity index (χ0v) is 7.63. The normalized spacial score (nSPS) is 9.33. The largest absolute Gasteiger partial charge is 0.564 e. The van der Waals surface area contributed by atoms with Crippen LogP contribution in [0.5, 0.6) is 5.75 Å². The molecule has 59 valence electrons. The summed E-state index contributed by atoms with van der Waals surface area (Å²) in [5.41, 5.74) is 0.631. The zero-order chi connectivity index (χ0) is 7.68. The van der Waals surface area contributed by atoms with Crippen LogP contribution in [-0.2, 0) is 18.6 Å². The molecule has 0 bridgehead atoms. The number of fused-ring (bicyclic) bond motifs is 1. The average Bonchev–Trinajstić information content (AvgIpc) is 2.06. The van der Waals surface area contributed by atoms with Gasteiger partial charge in [-0.15, -0.1) is 17.5 Å². The van der Waals surface area contributed by atoms with Gasteiger partial charge < -0.3 is 5.11 Å². The first-order valence-electron chi connectivity index (χ1n) is 3.32. The molecule has 0 aliphatic rings. The van der Waals surface area contributed by atoms with E-state index in [1.165, 1.54) is 6.07 Å². The van der Waals surface area contributed by atoms with Gasteiger partial charge >= 0.3 is 0 Å². The number of aromatic nitrogens is 1. The molecule has 1 aromatic carbocycles. The van der Waals surface area contributed by atoms with Gasteiger partial charge in [-0.25, -0.2) is 0 Å². The monoisotopic (exact) mass is 195 g/mol. The molecule has 1 N–H and O–H groups in total. The molecule has 0 saturated carbocycles. The van der Waals surface area contributed by atoms with Gasteiger partial charge in [0.2, 0.25) is 0 Å². The Labute approximate surface area is 82.1 Å². The molecule has 0 aliphatic carbocycles. The van der Waals surface area contributed by atoms with Crippen LogP contribution in [0.25, 0.3) is 10.9 Å².